The average Bonchev–Trinajstić information content (AvgIpc) is 2.66. The number of hydrogen-bond acceptors (Lipinski definition) is 6. The van der Waals surface area contributed by atoms with E-state index in [2.05, 4.69) is 4.98 Å². The zero-order chi connectivity index (χ0) is 18.9. The van der Waals surface area contributed by atoms with Crippen molar-refractivity contribution < 1.29 is 27.1 Å². The summed E-state index contributed by atoms with van der Waals surface area (Å²) in [7, 11) is -1.14. The van der Waals surface area contributed by atoms with E-state index in [4.69, 9.17) is 9.47 Å². The number of carbonyl (C=O) groups is 1. The highest BCUT2D eigenvalue weighted by Crippen LogP contribution is 2.28. The van der Waals surface area contributed by atoms with Crippen molar-refractivity contribution in [3.05, 3.63) is 53.0 Å². The number of methoxy groups -OCH3 is 2. The molecule has 0 bridgehead atoms. The SMILES string of the molecule is COC(=O)c1cc2c(nc1OC)CCN(S(=O)(=O)c1ccc(F)cc1)C2. The Kier molecular flexibility index (Phi) is 4.92. The number of hydrogen-bond donors (Lipinski definition) is 0. The molecule has 0 aliphatic carbocycles. The zero-order valence-corrected chi connectivity index (χ0v) is 15.0. The van der Waals surface area contributed by atoms with Crippen LogP contribution in [0.3, 0.4) is 0 Å². The van der Waals surface area contributed by atoms with Crippen LogP contribution in [0.1, 0.15) is 21.6 Å². The Labute approximate surface area is 150 Å². The Bertz CT molecular complexity index is 944. The van der Waals surface area contributed by atoms with E-state index in [0.717, 1.165) is 12.1 Å². The van der Waals surface area contributed by atoms with Crippen LogP contribution < -0.4 is 4.74 Å². The number of rotatable bonds is 4. The van der Waals surface area contributed by atoms with Gasteiger partial charge in [0.05, 0.1) is 24.8 Å². The number of sulfonamides is 1. The molecule has 0 atom stereocenters. The molecule has 1 aliphatic rings. The molecule has 0 spiro atoms. The third-order valence-corrected chi connectivity index (χ3v) is 6.01. The lowest BCUT2D eigenvalue weighted by Gasteiger charge is -2.28. The van der Waals surface area contributed by atoms with Gasteiger partial charge in [-0.25, -0.2) is 22.6 Å². The monoisotopic (exact) mass is 380 g/mol. The van der Waals surface area contributed by atoms with Crippen LogP contribution in [0.4, 0.5) is 4.39 Å². The number of carbonyl (C=O) groups excluding carboxylic acids is 1. The summed E-state index contributed by atoms with van der Waals surface area (Å²) in [5, 5.41) is 0. The topological polar surface area (TPSA) is 85.8 Å². The van der Waals surface area contributed by atoms with Gasteiger partial charge in [0.15, 0.2) is 0 Å². The number of ether oxygens (including phenoxy) is 2. The predicted octanol–water partition coefficient (Wildman–Crippen LogP) is 1.76. The normalized spacial score (nSPS) is 14.6. The Morgan fingerprint density at radius 1 is 1.23 bits per heavy atom. The number of fused-ring (bicyclic) bond motifs is 1. The van der Waals surface area contributed by atoms with Crippen molar-refractivity contribution >= 4 is 16.0 Å². The van der Waals surface area contributed by atoms with Crippen LogP contribution in [-0.2, 0) is 27.7 Å². The molecule has 2 aromatic rings. The summed E-state index contributed by atoms with van der Waals surface area (Å²) in [6.45, 7) is 0.274. The molecule has 9 heteroatoms. The highest BCUT2D eigenvalue weighted by Gasteiger charge is 2.30. The molecule has 1 aromatic heterocycles. The summed E-state index contributed by atoms with van der Waals surface area (Å²) < 4.78 is 49.7. The predicted molar refractivity (Wildman–Crippen MR) is 89.8 cm³/mol. The second-order valence-corrected chi connectivity index (χ2v) is 7.62. The first-order chi connectivity index (χ1) is 12.4. The Morgan fingerprint density at radius 2 is 1.92 bits per heavy atom. The molecule has 0 amide bonds. The molecule has 2 heterocycles. The summed E-state index contributed by atoms with van der Waals surface area (Å²) in [6, 6.07) is 6.21. The molecule has 3 rings (SSSR count). The van der Waals surface area contributed by atoms with Gasteiger partial charge in [-0.1, -0.05) is 0 Å². The van der Waals surface area contributed by atoms with Gasteiger partial charge in [-0.2, -0.15) is 4.31 Å². The van der Waals surface area contributed by atoms with Crippen molar-refractivity contribution in [3.8, 4) is 5.88 Å². The van der Waals surface area contributed by atoms with Gasteiger partial charge < -0.3 is 9.47 Å². The second-order valence-electron chi connectivity index (χ2n) is 5.69. The summed E-state index contributed by atoms with van der Waals surface area (Å²) in [5.74, 6) is -0.979. The van der Waals surface area contributed by atoms with E-state index in [1.165, 1.54) is 30.7 Å². The molecular formula is C17H17FN2O5S. The largest absolute Gasteiger partial charge is 0.480 e. The molecule has 0 radical (unpaired) electrons. The van der Waals surface area contributed by atoms with E-state index in [1.54, 1.807) is 6.07 Å². The minimum Gasteiger partial charge on any atom is -0.480 e. The molecule has 0 saturated heterocycles. The van der Waals surface area contributed by atoms with Crippen LogP contribution in [0.2, 0.25) is 0 Å². The van der Waals surface area contributed by atoms with Crippen molar-refractivity contribution in [3.63, 3.8) is 0 Å². The van der Waals surface area contributed by atoms with Gasteiger partial charge in [0.25, 0.3) is 0 Å². The lowest BCUT2D eigenvalue weighted by atomic mass is 10.0. The number of nitrogens with zero attached hydrogens (tertiary/aromatic N) is 2. The van der Waals surface area contributed by atoms with E-state index in [9.17, 15) is 17.6 Å². The quantitative estimate of drug-likeness (QED) is 0.752. The third kappa shape index (κ3) is 3.27. The highest BCUT2D eigenvalue weighted by atomic mass is 32.2. The first-order valence-electron chi connectivity index (χ1n) is 7.77. The third-order valence-electron chi connectivity index (χ3n) is 4.15. The van der Waals surface area contributed by atoms with Gasteiger partial charge in [0, 0.05) is 19.5 Å². The summed E-state index contributed by atoms with van der Waals surface area (Å²) >= 11 is 0. The number of aromatic nitrogens is 1. The van der Waals surface area contributed by atoms with Gasteiger partial charge in [-0.05, 0) is 35.9 Å². The van der Waals surface area contributed by atoms with Crippen LogP contribution in [0, 0.1) is 5.82 Å². The minimum atomic E-state index is -3.78. The lowest BCUT2D eigenvalue weighted by molar-refractivity contribution is 0.0596. The Balaban J connectivity index is 1.96. The Hall–Kier alpha value is -2.52. The maximum atomic E-state index is 13.1. The van der Waals surface area contributed by atoms with Crippen LogP contribution in [-0.4, -0.2) is 44.4 Å². The fraction of sp³-hybridized carbons (Fsp3) is 0.294. The zero-order valence-electron chi connectivity index (χ0n) is 14.2. The molecule has 0 fully saturated rings. The molecule has 1 aliphatic heterocycles. The van der Waals surface area contributed by atoms with Crippen LogP contribution in [0.25, 0.3) is 0 Å². The number of pyridine rings is 1. The highest BCUT2D eigenvalue weighted by molar-refractivity contribution is 7.89. The molecule has 0 unspecified atom stereocenters. The van der Waals surface area contributed by atoms with Crippen molar-refractivity contribution in [1.82, 2.24) is 9.29 Å². The molecular weight excluding hydrogens is 363 g/mol. The Morgan fingerprint density at radius 3 is 2.54 bits per heavy atom. The maximum Gasteiger partial charge on any atom is 0.343 e. The van der Waals surface area contributed by atoms with Gasteiger partial charge in [-0.15, -0.1) is 0 Å². The van der Waals surface area contributed by atoms with E-state index in [1.807, 2.05) is 0 Å². The van der Waals surface area contributed by atoms with Crippen LogP contribution >= 0.6 is 0 Å². The number of esters is 1. The van der Waals surface area contributed by atoms with Crippen LogP contribution in [0.5, 0.6) is 5.88 Å². The average molecular weight is 380 g/mol. The molecule has 26 heavy (non-hydrogen) atoms. The smallest absolute Gasteiger partial charge is 0.343 e. The fourth-order valence-corrected chi connectivity index (χ4v) is 4.22. The van der Waals surface area contributed by atoms with Gasteiger partial charge in [-0.3, -0.25) is 0 Å². The second kappa shape index (κ2) is 7.00. The van der Waals surface area contributed by atoms with Gasteiger partial charge in [0.1, 0.15) is 11.4 Å². The number of halogens is 1. The van der Waals surface area contributed by atoms with Crippen LogP contribution in [0.15, 0.2) is 35.2 Å². The van der Waals surface area contributed by atoms with Crippen molar-refractivity contribution in [2.45, 2.75) is 17.9 Å². The van der Waals surface area contributed by atoms with Gasteiger partial charge in [0.2, 0.25) is 15.9 Å². The van der Waals surface area contributed by atoms with E-state index < -0.39 is 21.8 Å². The minimum absolute atomic E-state index is 0.0111. The molecule has 7 nitrogen and oxygen atoms in total. The van der Waals surface area contributed by atoms with Gasteiger partial charge >= 0.3 is 5.97 Å². The van der Waals surface area contributed by atoms with Crippen molar-refractivity contribution in [2.24, 2.45) is 0 Å². The van der Waals surface area contributed by atoms with E-state index in [-0.39, 0.29) is 29.4 Å². The molecule has 0 saturated carbocycles. The maximum absolute atomic E-state index is 13.1. The summed E-state index contributed by atoms with van der Waals surface area (Å²) in [5.41, 5.74) is 1.40. The fourth-order valence-electron chi connectivity index (χ4n) is 2.80. The first kappa shape index (κ1) is 18.3. The molecule has 1 aromatic carbocycles. The number of benzene rings is 1. The van der Waals surface area contributed by atoms with Crippen molar-refractivity contribution in [2.75, 3.05) is 20.8 Å². The van der Waals surface area contributed by atoms with Crippen molar-refractivity contribution in [1.29, 1.82) is 0 Å². The van der Waals surface area contributed by atoms with E-state index in [0.29, 0.717) is 17.7 Å². The standard InChI is InChI=1S/C17H17FN2O5S/c1-24-16-14(17(21)25-2)9-11-10-20(8-7-15(11)19-16)26(22,23)13-5-3-12(18)4-6-13/h3-6,9H,7-8,10H2,1-2H3. The molecule has 0 N–H and O–H groups in total. The lowest BCUT2D eigenvalue weighted by Crippen LogP contribution is -2.36. The first-order valence-corrected chi connectivity index (χ1v) is 9.21. The molecule has 138 valence electrons. The summed E-state index contributed by atoms with van der Waals surface area (Å²) in [4.78, 5) is 16.2. The van der Waals surface area contributed by atoms with E-state index >= 15 is 0 Å². The summed E-state index contributed by atoms with van der Waals surface area (Å²) in [6.07, 6.45) is 0.369.